The van der Waals surface area contributed by atoms with Crippen LogP contribution in [0.5, 0.6) is 0 Å². The first-order valence-electron chi connectivity index (χ1n) is 14.2. The SMILES string of the molecule is O=C(O)C(c1csc(Nc2ccc(Cl)c(C(F)(F)F)c2)n1)C(C(=O)Nc1ccc(Cl)c(C(F)(F)F)c1)c1csc(Nc2ccc(Cl)c(C(F)(F)F)c2)n1. The molecule has 0 aliphatic rings. The highest BCUT2D eigenvalue weighted by Crippen LogP contribution is 2.42. The lowest BCUT2D eigenvalue weighted by Crippen LogP contribution is -2.31. The molecule has 0 fully saturated rings. The molecule has 3 aromatic carbocycles. The number of carbonyl (C=O) groups is 2. The Balaban J connectivity index is 1.52. The summed E-state index contributed by atoms with van der Waals surface area (Å²) in [5.74, 6) is -6.64. The summed E-state index contributed by atoms with van der Waals surface area (Å²) in [7, 11) is 0. The van der Waals surface area contributed by atoms with Crippen LogP contribution in [0.2, 0.25) is 15.1 Å². The number of aromatic nitrogens is 2. The van der Waals surface area contributed by atoms with Crippen LogP contribution in [0.4, 0.5) is 66.8 Å². The molecule has 2 unspecified atom stereocenters. The minimum absolute atomic E-state index is 0.114. The maximum Gasteiger partial charge on any atom is 0.417 e. The molecule has 22 heteroatoms. The van der Waals surface area contributed by atoms with Crippen molar-refractivity contribution >= 4 is 96.7 Å². The van der Waals surface area contributed by atoms with Crippen molar-refractivity contribution in [3.05, 3.63) is 109 Å². The second-order valence-electron chi connectivity index (χ2n) is 10.8. The molecule has 5 rings (SSSR count). The molecule has 53 heavy (non-hydrogen) atoms. The molecule has 0 spiro atoms. The largest absolute Gasteiger partial charge is 0.481 e. The molecule has 0 saturated carbocycles. The second-order valence-corrected chi connectivity index (χ2v) is 13.7. The van der Waals surface area contributed by atoms with Gasteiger partial charge in [-0.15, -0.1) is 22.7 Å². The van der Waals surface area contributed by atoms with Gasteiger partial charge in [-0.3, -0.25) is 9.59 Å². The van der Waals surface area contributed by atoms with Gasteiger partial charge in [0.05, 0.1) is 43.1 Å². The van der Waals surface area contributed by atoms with Gasteiger partial charge < -0.3 is 21.1 Å². The Morgan fingerprint density at radius 2 is 0.962 bits per heavy atom. The van der Waals surface area contributed by atoms with Crippen molar-refractivity contribution in [2.24, 2.45) is 0 Å². The van der Waals surface area contributed by atoms with E-state index in [0.29, 0.717) is 18.2 Å². The zero-order valence-electron chi connectivity index (χ0n) is 25.5. The smallest absolute Gasteiger partial charge is 0.417 e. The number of nitrogens with one attached hydrogen (secondary N) is 3. The van der Waals surface area contributed by atoms with E-state index in [4.69, 9.17) is 34.8 Å². The van der Waals surface area contributed by atoms with Gasteiger partial charge in [0.25, 0.3) is 0 Å². The molecule has 1 amide bonds. The van der Waals surface area contributed by atoms with Crippen molar-refractivity contribution in [3.8, 4) is 0 Å². The van der Waals surface area contributed by atoms with Crippen LogP contribution >= 0.6 is 57.5 Å². The Kier molecular flexibility index (Phi) is 11.5. The Morgan fingerprint density at radius 3 is 1.34 bits per heavy atom. The molecule has 0 radical (unpaired) electrons. The minimum Gasteiger partial charge on any atom is -0.481 e. The number of halogens is 12. The van der Waals surface area contributed by atoms with E-state index in [9.17, 15) is 54.2 Å². The molecule has 5 aromatic rings. The van der Waals surface area contributed by atoms with E-state index in [1.54, 1.807) is 0 Å². The number of amides is 1. The van der Waals surface area contributed by atoms with Crippen LogP contribution in [-0.4, -0.2) is 27.0 Å². The average molecular weight is 849 g/mol. The maximum absolute atomic E-state index is 13.9. The van der Waals surface area contributed by atoms with Crippen molar-refractivity contribution in [1.29, 1.82) is 0 Å². The Bertz CT molecular complexity index is 2170. The number of nitrogens with zero attached hydrogens (tertiary/aromatic N) is 2. The van der Waals surface area contributed by atoms with Crippen molar-refractivity contribution in [3.63, 3.8) is 0 Å². The quantitative estimate of drug-likeness (QED) is 0.103. The molecule has 2 heterocycles. The molecular weight excluding hydrogens is 832 g/mol. The molecule has 4 N–H and O–H groups in total. The molecule has 2 aromatic heterocycles. The Labute approximate surface area is 314 Å². The van der Waals surface area contributed by atoms with Gasteiger partial charge in [-0.25, -0.2) is 9.97 Å². The highest BCUT2D eigenvalue weighted by Gasteiger charge is 2.41. The predicted molar refractivity (Wildman–Crippen MR) is 182 cm³/mol. The number of rotatable bonds is 10. The van der Waals surface area contributed by atoms with E-state index in [1.807, 2.05) is 0 Å². The van der Waals surface area contributed by atoms with Gasteiger partial charge in [-0.05, 0) is 54.6 Å². The van der Waals surface area contributed by atoms with Crippen LogP contribution in [0, 0.1) is 0 Å². The first-order chi connectivity index (χ1) is 24.6. The molecule has 8 nitrogen and oxygen atoms in total. The molecule has 280 valence electrons. The van der Waals surface area contributed by atoms with E-state index in [-0.39, 0.29) is 33.0 Å². The number of alkyl halides is 9. The summed E-state index contributed by atoms with van der Waals surface area (Å²) < 4.78 is 121. The summed E-state index contributed by atoms with van der Waals surface area (Å²) in [4.78, 5) is 35.0. The summed E-state index contributed by atoms with van der Waals surface area (Å²) in [6, 6.07) is 8.14. The fourth-order valence-corrected chi connectivity index (χ4v) is 7.00. The summed E-state index contributed by atoms with van der Waals surface area (Å²) in [5.41, 5.74) is -4.94. The van der Waals surface area contributed by atoms with E-state index >= 15 is 0 Å². The molecule has 0 bridgehead atoms. The molecular formula is C31H17Cl3F9N5O3S2. The molecule has 0 aliphatic carbocycles. The molecule has 0 saturated heterocycles. The fraction of sp³-hybridized carbons (Fsp3) is 0.161. The van der Waals surface area contributed by atoms with Crippen molar-refractivity contribution in [2.75, 3.05) is 16.0 Å². The zero-order valence-corrected chi connectivity index (χ0v) is 29.4. The maximum atomic E-state index is 13.9. The first kappa shape index (κ1) is 39.9. The summed E-state index contributed by atoms with van der Waals surface area (Å²) in [6.45, 7) is 0. The van der Waals surface area contributed by atoms with Gasteiger partial charge in [0.1, 0.15) is 11.8 Å². The standard InChI is InChI=1S/C31H17Cl3F9N5O3S2/c32-18-4-1-12(7-15(18)29(35,36)37)44-25(49)23(21-10-52-27(47-21)45-13-2-5-19(33)16(8-13)30(38,39)40)24(26(50)51)22-11-53-28(48-22)46-14-3-6-20(34)17(9-14)31(41,42)43/h1-11,23-24H,(H,44,49)(H,45,47)(H,46,48)(H,50,51). The summed E-state index contributed by atoms with van der Waals surface area (Å²) in [5, 5.41) is 18.1. The van der Waals surface area contributed by atoms with Crippen molar-refractivity contribution in [1.82, 2.24) is 9.97 Å². The molecule has 2 atom stereocenters. The van der Waals surface area contributed by atoms with Crippen LogP contribution in [0.3, 0.4) is 0 Å². The average Bonchev–Trinajstić information content (AvgIpc) is 3.70. The highest BCUT2D eigenvalue weighted by atomic mass is 35.5. The van der Waals surface area contributed by atoms with E-state index in [0.717, 1.165) is 46.9 Å². The number of benzene rings is 3. The number of carboxylic acids is 1. The lowest BCUT2D eigenvalue weighted by molar-refractivity contribution is -0.141. The highest BCUT2D eigenvalue weighted by molar-refractivity contribution is 7.14. The van der Waals surface area contributed by atoms with Gasteiger partial charge in [-0.2, -0.15) is 39.5 Å². The summed E-state index contributed by atoms with van der Waals surface area (Å²) in [6.07, 6.45) is -14.6. The lowest BCUT2D eigenvalue weighted by atomic mass is 9.86. The topological polar surface area (TPSA) is 116 Å². The lowest BCUT2D eigenvalue weighted by Gasteiger charge is -2.21. The monoisotopic (exact) mass is 847 g/mol. The number of thiazole rings is 2. The van der Waals surface area contributed by atoms with Crippen LogP contribution in [-0.2, 0) is 28.1 Å². The number of hydrogen-bond donors (Lipinski definition) is 4. The normalized spacial score (nSPS) is 13.4. The third-order valence-electron chi connectivity index (χ3n) is 7.15. The number of anilines is 5. The molecule has 0 aliphatic heterocycles. The number of carbonyl (C=O) groups excluding carboxylic acids is 1. The fourth-order valence-electron chi connectivity index (χ4n) is 4.80. The zero-order chi connectivity index (χ0) is 39.0. The van der Waals surface area contributed by atoms with Crippen LogP contribution in [0.1, 0.15) is 39.9 Å². The van der Waals surface area contributed by atoms with Gasteiger partial charge in [-0.1, -0.05) is 34.8 Å². The van der Waals surface area contributed by atoms with E-state index < -0.39 is 79.7 Å². The second kappa shape index (κ2) is 15.2. The van der Waals surface area contributed by atoms with Gasteiger partial charge >= 0.3 is 24.5 Å². The van der Waals surface area contributed by atoms with Gasteiger partial charge in [0.2, 0.25) is 5.91 Å². The predicted octanol–water partition coefficient (Wildman–Crippen LogP) is 11.7. The summed E-state index contributed by atoms with van der Waals surface area (Å²) >= 11 is 18.5. The van der Waals surface area contributed by atoms with Crippen molar-refractivity contribution < 1.29 is 54.2 Å². The number of aliphatic carboxylic acids is 1. The van der Waals surface area contributed by atoms with Crippen LogP contribution < -0.4 is 16.0 Å². The Morgan fingerprint density at radius 1 is 0.604 bits per heavy atom. The number of carboxylic acid groups (broad SMARTS) is 1. The van der Waals surface area contributed by atoms with E-state index in [1.165, 1.54) is 22.9 Å². The van der Waals surface area contributed by atoms with Crippen molar-refractivity contribution in [2.45, 2.75) is 30.4 Å². The van der Waals surface area contributed by atoms with Gasteiger partial charge in [0.15, 0.2) is 10.3 Å². The van der Waals surface area contributed by atoms with Crippen LogP contribution in [0.15, 0.2) is 65.4 Å². The third-order valence-corrected chi connectivity index (χ3v) is 9.69. The Hall–Kier alpha value is -4.30. The van der Waals surface area contributed by atoms with Gasteiger partial charge in [0, 0.05) is 27.8 Å². The van der Waals surface area contributed by atoms with Crippen LogP contribution in [0.25, 0.3) is 0 Å². The third kappa shape index (κ3) is 9.45. The first-order valence-corrected chi connectivity index (χ1v) is 17.1. The number of hydrogen-bond acceptors (Lipinski definition) is 8. The van der Waals surface area contributed by atoms with E-state index in [2.05, 4.69) is 25.9 Å². The minimum atomic E-state index is -4.93.